The summed E-state index contributed by atoms with van der Waals surface area (Å²) < 4.78 is 0. The second kappa shape index (κ2) is 4.52. The molecular formula is C5H9N5. The summed E-state index contributed by atoms with van der Waals surface area (Å²) in [7, 11) is 1.63. The Labute approximate surface area is 59.1 Å². The third-order valence-corrected chi connectivity index (χ3v) is 0.837. The third kappa shape index (κ3) is 3.63. The molecule has 0 aliphatic heterocycles. The minimum absolute atomic E-state index is 0.380. The van der Waals surface area contributed by atoms with Gasteiger partial charge in [-0.2, -0.15) is 0 Å². The summed E-state index contributed by atoms with van der Waals surface area (Å²) in [5, 5.41) is 3.26. The van der Waals surface area contributed by atoms with E-state index in [1.807, 2.05) is 0 Å². The molecule has 0 atom stereocenters. The average molecular weight is 139 g/mol. The van der Waals surface area contributed by atoms with Crippen LogP contribution in [0, 0.1) is 0 Å². The predicted octanol–water partition coefficient (Wildman–Crippen LogP) is 1.76. The summed E-state index contributed by atoms with van der Waals surface area (Å²) in [5.74, 6) is 0.982. The molecule has 5 nitrogen and oxygen atoms in total. The Morgan fingerprint density at radius 2 is 1.90 bits per heavy atom. The summed E-state index contributed by atoms with van der Waals surface area (Å²) in [6.45, 7) is 3.35. The third-order valence-electron chi connectivity index (χ3n) is 0.837. The summed E-state index contributed by atoms with van der Waals surface area (Å²) in [4.78, 5) is 10.2. The molecule has 0 unspecified atom stereocenters. The lowest BCUT2D eigenvalue weighted by Crippen LogP contribution is -1.90. The molecule has 0 aromatic rings. The van der Waals surface area contributed by atoms with Crippen LogP contribution in [0.15, 0.2) is 15.1 Å². The molecule has 0 fully saturated rings. The maximum atomic E-state index is 7.96. The number of rotatable bonds is 0. The van der Waals surface area contributed by atoms with E-state index in [2.05, 4.69) is 20.0 Å². The molecule has 10 heavy (non-hydrogen) atoms. The lowest BCUT2D eigenvalue weighted by Gasteiger charge is -1.88. The van der Waals surface area contributed by atoms with Gasteiger partial charge >= 0.3 is 0 Å². The molecular weight excluding hydrogens is 130 g/mol. The van der Waals surface area contributed by atoms with Crippen molar-refractivity contribution < 1.29 is 0 Å². The fourth-order valence-corrected chi connectivity index (χ4v) is 0.371. The molecule has 0 aromatic heterocycles. The van der Waals surface area contributed by atoms with Crippen LogP contribution in [-0.2, 0) is 0 Å². The topological polar surface area (TPSA) is 73.5 Å². The monoisotopic (exact) mass is 139 g/mol. The van der Waals surface area contributed by atoms with Gasteiger partial charge in [0.2, 0.25) is 0 Å². The van der Waals surface area contributed by atoms with Crippen molar-refractivity contribution in [1.29, 1.82) is 0 Å². The molecule has 0 amide bonds. The highest BCUT2D eigenvalue weighted by Crippen LogP contribution is 1.83. The molecule has 0 heterocycles. The highest BCUT2D eigenvalue weighted by molar-refractivity contribution is 5.94. The summed E-state index contributed by atoms with van der Waals surface area (Å²) >= 11 is 0. The molecule has 0 aliphatic carbocycles. The van der Waals surface area contributed by atoms with Crippen LogP contribution in [0.5, 0.6) is 0 Å². The fourth-order valence-electron chi connectivity index (χ4n) is 0.371. The van der Waals surface area contributed by atoms with E-state index in [1.165, 1.54) is 0 Å². The van der Waals surface area contributed by atoms with Crippen LogP contribution in [0.2, 0.25) is 0 Å². The highest BCUT2D eigenvalue weighted by atomic mass is 15.2. The van der Waals surface area contributed by atoms with Gasteiger partial charge in [0.15, 0.2) is 0 Å². The molecule has 0 saturated carbocycles. The van der Waals surface area contributed by atoms with Gasteiger partial charge in [0, 0.05) is 12.0 Å². The largest absolute Gasteiger partial charge is 0.274 e. The quantitative estimate of drug-likeness (QED) is 0.161. The van der Waals surface area contributed by atoms with Gasteiger partial charge in [-0.15, -0.1) is 0 Å². The van der Waals surface area contributed by atoms with E-state index < -0.39 is 0 Å². The summed E-state index contributed by atoms with van der Waals surface area (Å²) in [5.41, 5.74) is 7.96. The molecule has 0 aromatic carbocycles. The first-order valence-corrected chi connectivity index (χ1v) is 2.74. The molecule has 0 rings (SSSR count). The van der Waals surface area contributed by atoms with Crippen molar-refractivity contribution >= 4 is 11.7 Å². The van der Waals surface area contributed by atoms with Crippen LogP contribution < -0.4 is 0 Å². The fraction of sp³-hybridized carbons (Fsp3) is 0.600. The van der Waals surface area contributed by atoms with Gasteiger partial charge in [-0.1, -0.05) is 0 Å². The Balaban J connectivity index is 4.30. The lowest BCUT2D eigenvalue weighted by molar-refractivity contribution is 1.36. The number of hydrogen-bond acceptors (Lipinski definition) is 1. The second-order valence-corrected chi connectivity index (χ2v) is 1.62. The minimum Gasteiger partial charge on any atom is -0.274 e. The van der Waals surface area contributed by atoms with Gasteiger partial charge in [-0.25, -0.2) is 4.99 Å². The Kier molecular flexibility index (Phi) is 3.91. The van der Waals surface area contributed by atoms with Crippen molar-refractivity contribution in [3.63, 3.8) is 0 Å². The molecule has 54 valence electrons. The molecule has 0 saturated heterocycles. The van der Waals surface area contributed by atoms with E-state index in [-0.39, 0.29) is 0 Å². The Hall–Kier alpha value is -1.35. The molecule has 5 heteroatoms. The van der Waals surface area contributed by atoms with Crippen molar-refractivity contribution in [2.75, 3.05) is 7.05 Å². The average Bonchev–Trinajstić information content (AvgIpc) is 1.88. The van der Waals surface area contributed by atoms with E-state index in [1.54, 1.807) is 20.9 Å². The Bertz CT molecular complexity index is 208. The van der Waals surface area contributed by atoms with Crippen molar-refractivity contribution in [2.24, 2.45) is 15.1 Å². The number of aliphatic imine (C=N–C) groups is 2. The SMILES string of the molecule is C/N=C(C)\N=C(\C)N=[N+]=[N-]. The van der Waals surface area contributed by atoms with Crippen LogP contribution in [-0.4, -0.2) is 18.7 Å². The van der Waals surface area contributed by atoms with Crippen LogP contribution in [0.25, 0.3) is 10.4 Å². The Morgan fingerprint density at radius 3 is 2.30 bits per heavy atom. The lowest BCUT2D eigenvalue weighted by atomic mass is 10.6. The molecule has 0 aliphatic rings. The van der Waals surface area contributed by atoms with Gasteiger partial charge in [0.25, 0.3) is 0 Å². The van der Waals surface area contributed by atoms with E-state index >= 15 is 0 Å². The number of hydrogen-bond donors (Lipinski definition) is 0. The first-order valence-electron chi connectivity index (χ1n) is 2.74. The van der Waals surface area contributed by atoms with E-state index in [0.717, 1.165) is 0 Å². The van der Waals surface area contributed by atoms with Crippen LogP contribution in [0.4, 0.5) is 0 Å². The van der Waals surface area contributed by atoms with Crippen molar-refractivity contribution in [1.82, 2.24) is 0 Å². The molecule has 0 radical (unpaired) electrons. The minimum atomic E-state index is 0.380. The zero-order chi connectivity index (χ0) is 7.98. The number of azide groups is 1. The van der Waals surface area contributed by atoms with Gasteiger partial charge in [0.05, 0.1) is 0 Å². The molecule has 0 bridgehead atoms. The predicted molar refractivity (Wildman–Crippen MR) is 41.3 cm³/mol. The maximum absolute atomic E-state index is 7.96. The van der Waals surface area contributed by atoms with Crippen molar-refractivity contribution in [3.05, 3.63) is 10.4 Å². The number of nitrogens with zero attached hydrogens (tertiary/aromatic N) is 5. The maximum Gasteiger partial charge on any atom is 0.119 e. The van der Waals surface area contributed by atoms with Gasteiger partial charge in [-0.05, 0) is 24.5 Å². The summed E-state index contributed by atoms with van der Waals surface area (Å²) in [6.07, 6.45) is 0. The van der Waals surface area contributed by atoms with E-state index in [9.17, 15) is 0 Å². The van der Waals surface area contributed by atoms with Gasteiger partial charge < -0.3 is 0 Å². The van der Waals surface area contributed by atoms with Crippen molar-refractivity contribution in [2.45, 2.75) is 13.8 Å². The second-order valence-electron chi connectivity index (χ2n) is 1.62. The van der Waals surface area contributed by atoms with Gasteiger partial charge in [-0.3, -0.25) is 4.99 Å². The number of amidine groups is 2. The smallest absolute Gasteiger partial charge is 0.119 e. The first kappa shape index (κ1) is 8.65. The van der Waals surface area contributed by atoms with Crippen LogP contribution in [0.3, 0.4) is 0 Å². The first-order chi connectivity index (χ1) is 4.70. The van der Waals surface area contributed by atoms with E-state index in [0.29, 0.717) is 11.7 Å². The van der Waals surface area contributed by atoms with Crippen molar-refractivity contribution in [3.8, 4) is 0 Å². The normalized spacial score (nSPS) is 12.7. The molecule has 0 spiro atoms. The Morgan fingerprint density at radius 1 is 1.30 bits per heavy atom. The van der Waals surface area contributed by atoms with Crippen LogP contribution in [0.1, 0.15) is 13.8 Å². The highest BCUT2D eigenvalue weighted by Gasteiger charge is 1.84. The van der Waals surface area contributed by atoms with E-state index in [4.69, 9.17) is 5.53 Å². The van der Waals surface area contributed by atoms with Gasteiger partial charge in [0.1, 0.15) is 11.7 Å². The molecule has 0 N–H and O–H groups in total. The van der Waals surface area contributed by atoms with Crippen LogP contribution >= 0.6 is 0 Å². The zero-order valence-electron chi connectivity index (χ0n) is 6.24. The summed E-state index contributed by atoms with van der Waals surface area (Å²) in [6, 6.07) is 0. The standard InChI is InChI=1S/C5H9N5/c1-4(7-3)8-5(2)9-10-6/h1-3H3/b7-4-,8-5-. The zero-order valence-corrected chi connectivity index (χ0v) is 6.24.